The van der Waals surface area contributed by atoms with Gasteiger partial charge in [-0.05, 0) is 31.0 Å². The molecule has 1 aromatic carbocycles. The van der Waals surface area contributed by atoms with E-state index in [9.17, 15) is 18.4 Å². The lowest BCUT2D eigenvalue weighted by Gasteiger charge is -2.12. The first-order valence-corrected chi connectivity index (χ1v) is 6.98. The van der Waals surface area contributed by atoms with Crippen LogP contribution in [0.1, 0.15) is 31.2 Å². The summed E-state index contributed by atoms with van der Waals surface area (Å²) in [5.41, 5.74) is 0.340. The summed E-state index contributed by atoms with van der Waals surface area (Å²) in [5.74, 6) is -1.26. The molecule has 2 N–H and O–H groups in total. The molecule has 8 heteroatoms. The number of ether oxygens (including phenoxy) is 1. The maximum absolute atomic E-state index is 12.3. The minimum atomic E-state index is -2.97. The molecule has 0 unspecified atom stereocenters. The summed E-state index contributed by atoms with van der Waals surface area (Å²) in [5, 5.41) is 11.4. The molecule has 0 spiro atoms. The molecule has 0 fully saturated rings. The lowest BCUT2D eigenvalue weighted by atomic mass is 10.1. The van der Waals surface area contributed by atoms with Crippen molar-refractivity contribution in [3.63, 3.8) is 0 Å². The lowest BCUT2D eigenvalue weighted by Crippen LogP contribution is -2.23. The number of aliphatic carboxylic acids is 1. The molecule has 0 saturated heterocycles. The molecule has 5 nitrogen and oxygen atoms in total. The molecule has 0 aliphatic carbocycles. The average molecular weight is 336 g/mol. The number of nitrogens with one attached hydrogen (secondary N) is 1. The maximum atomic E-state index is 12.3. The van der Waals surface area contributed by atoms with Crippen LogP contribution in [-0.2, 0) is 16.1 Å². The van der Waals surface area contributed by atoms with E-state index in [4.69, 9.17) is 16.7 Å². The normalized spacial score (nSPS) is 10.5. The Balaban J connectivity index is 2.47. The number of hydrogen-bond donors (Lipinski definition) is 2. The second kappa shape index (κ2) is 9.19. The fourth-order valence-electron chi connectivity index (χ4n) is 1.74. The summed E-state index contributed by atoms with van der Waals surface area (Å²) in [4.78, 5) is 21.9. The number of amides is 1. The Kier molecular flexibility index (Phi) is 7.59. The van der Waals surface area contributed by atoms with E-state index in [1.807, 2.05) is 0 Å². The van der Waals surface area contributed by atoms with E-state index in [-0.39, 0.29) is 31.0 Å². The topological polar surface area (TPSA) is 75.6 Å². The number of halogens is 3. The largest absolute Gasteiger partial charge is 0.481 e. The van der Waals surface area contributed by atoms with Gasteiger partial charge < -0.3 is 15.2 Å². The zero-order chi connectivity index (χ0) is 16.5. The van der Waals surface area contributed by atoms with Crippen molar-refractivity contribution < 1.29 is 28.2 Å². The summed E-state index contributed by atoms with van der Waals surface area (Å²) in [6.45, 7) is -2.97. The van der Waals surface area contributed by atoms with Crippen molar-refractivity contribution >= 4 is 23.5 Å². The van der Waals surface area contributed by atoms with Crippen molar-refractivity contribution in [2.45, 2.75) is 38.8 Å². The predicted molar refractivity (Wildman–Crippen MR) is 76.0 cm³/mol. The zero-order valence-corrected chi connectivity index (χ0v) is 12.4. The van der Waals surface area contributed by atoms with Gasteiger partial charge >= 0.3 is 12.6 Å². The van der Waals surface area contributed by atoms with Gasteiger partial charge in [0.1, 0.15) is 5.75 Å². The molecular formula is C14H16ClF2NO4. The third-order valence-corrected chi connectivity index (χ3v) is 2.99. The Morgan fingerprint density at radius 2 is 1.95 bits per heavy atom. The number of hydrogen-bond acceptors (Lipinski definition) is 3. The SMILES string of the molecule is O=C(O)CCCCC(=O)NCc1cc(Cl)ccc1OC(F)F. The van der Waals surface area contributed by atoms with Gasteiger partial charge in [-0.25, -0.2) is 0 Å². The van der Waals surface area contributed by atoms with Crippen LogP contribution in [0.5, 0.6) is 5.75 Å². The smallest absolute Gasteiger partial charge is 0.387 e. The number of carboxylic acids is 1. The van der Waals surface area contributed by atoms with Gasteiger partial charge in [0.15, 0.2) is 0 Å². The van der Waals surface area contributed by atoms with E-state index in [1.54, 1.807) is 0 Å². The van der Waals surface area contributed by atoms with Gasteiger partial charge in [-0.1, -0.05) is 11.6 Å². The van der Waals surface area contributed by atoms with Crippen LogP contribution in [0.2, 0.25) is 5.02 Å². The standard InChI is InChI=1S/C14H16ClF2NO4/c15-10-5-6-11(22-14(16)17)9(7-10)8-18-12(19)3-1-2-4-13(20)21/h5-7,14H,1-4,8H2,(H,18,19)(H,20,21). The Labute approximate surface area is 131 Å². The van der Waals surface area contributed by atoms with Crippen LogP contribution >= 0.6 is 11.6 Å². The molecule has 1 amide bonds. The fourth-order valence-corrected chi connectivity index (χ4v) is 1.94. The molecule has 0 heterocycles. The van der Waals surface area contributed by atoms with Gasteiger partial charge in [-0.15, -0.1) is 0 Å². The zero-order valence-electron chi connectivity index (χ0n) is 11.7. The van der Waals surface area contributed by atoms with Gasteiger partial charge in [0.2, 0.25) is 5.91 Å². The first-order chi connectivity index (χ1) is 10.4. The number of unbranched alkanes of at least 4 members (excludes halogenated alkanes) is 1. The van der Waals surface area contributed by atoms with Crippen LogP contribution in [0.3, 0.4) is 0 Å². The van der Waals surface area contributed by atoms with E-state index in [0.29, 0.717) is 23.4 Å². The van der Waals surface area contributed by atoms with E-state index in [2.05, 4.69) is 10.1 Å². The van der Waals surface area contributed by atoms with Crippen molar-refractivity contribution in [1.29, 1.82) is 0 Å². The highest BCUT2D eigenvalue weighted by Gasteiger charge is 2.11. The number of rotatable bonds is 9. The predicted octanol–water partition coefficient (Wildman–Crippen LogP) is 3.20. The molecule has 0 radical (unpaired) electrons. The second-order valence-corrected chi connectivity index (χ2v) is 4.94. The summed E-state index contributed by atoms with van der Waals surface area (Å²) in [6, 6.07) is 4.16. The first-order valence-electron chi connectivity index (χ1n) is 6.60. The molecule has 0 aliphatic rings. The van der Waals surface area contributed by atoms with Crippen LogP contribution in [0, 0.1) is 0 Å². The van der Waals surface area contributed by atoms with E-state index < -0.39 is 12.6 Å². The number of alkyl halides is 2. The van der Waals surface area contributed by atoms with Crippen molar-refractivity contribution in [1.82, 2.24) is 5.32 Å². The lowest BCUT2D eigenvalue weighted by molar-refractivity contribution is -0.137. The molecule has 0 bridgehead atoms. The summed E-state index contributed by atoms with van der Waals surface area (Å²) in [7, 11) is 0. The van der Waals surface area contributed by atoms with E-state index >= 15 is 0 Å². The van der Waals surface area contributed by atoms with Crippen LogP contribution in [-0.4, -0.2) is 23.6 Å². The third-order valence-electron chi connectivity index (χ3n) is 2.76. The quantitative estimate of drug-likeness (QED) is 0.679. The maximum Gasteiger partial charge on any atom is 0.387 e. The highest BCUT2D eigenvalue weighted by Crippen LogP contribution is 2.24. The summed E-state index contributed by atoms with van der Waals surface area (Å²) < 4.78 is 28.9. The molecule has 1 aromatic rings. The number of benzene rings is 1. The van der Waals surface area contributed by atoms with Crippen molar-refractivity contribution in [2.24, 2.45) is 0 Å². The van der Waals surface area contributed by atoms with E-state index in [1.165, 1.54) is 18.2 Å². The van der Waals surface area contributed by atoms with Crippen LogP contribution in [0.15, 0.2) is 18.2 Å². The van der Waals surface area contributed by atoms with Crippen molar-refractivity contribution in [2.75, 3.05) is 0 Å². The van der Waals surface area contributed by atoms with Crippen LogP contribution in [0.4, 0.5) is 8.78 Å². The molecule has 1 rings (SSSR count). The Bertz CT molecular complexity index is 526. The Morgan fingerprint density at radius 3 is 2.59 bits per heavy atom. The van der Waals surface area contributed by atoms with Gasteiger partial charge in [0.05, 0.1) is 0 Å². The van der Waals surface area contributed by atoms with Gasteiger partial charge in [0, 0.05) is 30.0 Å². The monoisotopic (exact) mass is 335 g/mol. The Morgan fingerprint density at radius 1 is 1.27 bits per heavy atom. The molecule has 22 heavy (non-hydrogen) atoms. The third kappa shape index (κ3) is 7.21. The Hall–Kier alpha value is -1.89. The van der Waals surface area contributed by atoms with Crippen molar-refractivity contribution in [3.05, 3.63) is 28.8 Å². The molecule has 0 saturated carbocycles. The molecule has 0 aliphatic heterocycles. The van der Waals surface area contributed by atoms with Gasteiger partial charge in [-0.2, -0.15) is 8.78 Å². The summed E-state index contributed by atoms with van der Waals surface area (Å²) >= 11 is 5.79. The number of carbonyl (C=O) groups excluding carboxylic acids is 1. The molecule has 122 valence electrons. The first kappa shape index (κ1) is 18.2. The van der Waals surface area contributed by atoms with Gasteiger partial charge in [0.25, 0.3) is 0 Å². The van der Waals surface area contributed by atoms with Crippen LogP contribution in [0.25, 0.3) is 0 Å². The molecule has 0 aromatic heterocycles. The number of carbonyl (C=O) groups is 2. The second-order valence-electron chi connectivity index (χ2n) is 4.51. The fraction of sp³-hybridized carbons (Fsp3) is 0.429. The van der Waals surface area contributed by atoms with Crippen molar-refractivity contribution in [3.8, 4) is 5.75 Å². The minimum Gasteiger partial charge on any atom is -0.481 e. The van der Waals surface area contributed by atoms with E-state index in [0.717, 1.165) is 0 Å². The number of carboxylic acid groups (broad SMARTS) is 1. The van der Waals surface area contributed by atoms with Gasteiger partial charge in [-0.3, -0.25) is 9.59 Å². The highest BCUT2D eigenvalue weighted by atomic mass is 35.5. The minimum absolute atomic E-state index is 0.000374. The average Bonchev–Trinajstić information content (AvgIpc) is 2.43. The molecule has 0 atom stereocenters. The molecular weight excluding hydrogens is 320 g/mol. The van der Waals surface area contributed by atoms with Crippen LogP contribution < -0.4 is 10.1 Å². The highest BCUT2D eigenvalue weighted by molar-refractivity contribution is 6.30. The summed E-state index contributed by atoms with van der Waals surface area (Å²) in [6.07, 6.45) is 1.01.